The van der Waals surface area contributed by atoms with Crippen LogP contribution in [0.1, 0.15) is 22.7 Å². The van der Waals surface area contributed by atoms with Gasteiger partial charge in [-0.25, -0.2) is 0 Å². The average molecular weight is 293 g/mol. The monoisotopic (exact) mass is 293 g/mol. The van der Waals surface area contributed by atoms with Crippen molar-refractivity contribution in [2.75, 3.05) is 12.4 Å². The maximum Gasteiger partial charge on any atom is 0.418 e. The van der Waals surface area contributed by atoms with Crippen LogP contribution in [-0.4, -0.2) is 7.11 Å². The van der Waals surface area contributed by atoms with Gasteiger partial charge in [-0.05, 0) is 35.7 Å². The summed E-state index contributed by atoms with van der Waals surface area (Å²) < 4.78 is 44.1. The first kappa shape index (κ1) is 13.8. The van der Waals surface area contributed by atoms with Crippen LogP contribution in [0.3, 0.4) is 0 Å². The van der Waals surface area contributed by atoms with Crippen LogP contribution in [0.2, 0.25) is 0 Å². The van der Waals surface area contributed by atoms with Crippen molar-refractivity contribution in [2.24, 2.45) is 0 Å². The lowest BCUT2D eigenvalue weighted by Gasteiger charge is -2.15. The fourth-order valence-corrected chi connectivity index (χ4v) is 2.66. The van der Waals surface area contributed by atoms with Crippen LogP contribution in [0.15, 0.2) is 42.5 Å². The van der Waals surface area contributed by atoms with Crippen LogP contribution in [0.5, 0.6) is 5.75 Å². The predicted octanol–water partition coefficient (Wildman–Crippen LogP) is 4.42. The molecule has 110 valence electrons. The molecular formula is C16H14F3NO. The molecule has 1 unspecified atom stereocenters. The van der Waals surface area contributed by atoms with Gasteiger partial charge in [-0.1, -0.05) is 24.3 Å². The summed E-state index contributed by atoms with van der Waals surface area (Å²) in [5, 5.41) is 3.00. The highest BCUT2D eigenvalue weighted by molar-refractivity contribution is 5.64. The number of para-hydroxylation sites is 1. The van der Waals surface area contributed by atoms with Crippen LogP contribution in [0.25, 0.3) is 0 Å². The molecule has 0 radical (unpaired) electrons. The minimum Gasteiger partial charge on any atom is -0.497 e. The van der Waals surface area contributed by atoms with Gasteiger partial charge in [-0.15, -0.1) is 0 Å². The molecule has 3 rings (SSSR count). The molecule has 2 nitrogen and oxygen atoms in total. The minimum absolute atomic E-state index is 0.144. The Morgan fingerprint density at radius 1 is 1.10 bits per heavy atom. The molecule has 0 aromatic heterocycles. The van der Waals surface area contributed by atoms with Gasteiger partial charge in [-0.2, -0.15) is 13.2 Å². The van der Waals surface area contributed by atoms with Gasteiger partial charge in [0.05, 0.1) is 24.4 Å². The lowest BCUT2D eigenvalue weighted by atomic mass is 10.0. The second-order valence-corrected chi connectivity index (χ2v) is 5.01. The van der Waals surface area contributed by atoms with Gasteiger partial charge in [0.25, 0.3) is 0 Å². The van der Waals surface area contributed by atoms with Crippen LogP contribution in [0, 0.1) is 0 Å². The van der Waals surface area contributed by atoms with E-state index in [2.05, 4.69) is 5.32 Å². The highest BCUT2D eigenvalue weighted by Crippen LogP contribution is 2.43. The Morgan fingerprint density at radius 3 is 2.43 bits per heavy atom. The van der Waals surface area contributed by atoms with E-state index in [0.29, 0.717) is 12.0 Å². The van der Waals surface area contributed by atoms with Crippen molar-refractivity contribution in [1.29, 1.82) is 0 Å². The molecule has 0 spiro atoms. The molecule has 1 atom stereocenters. The van der Waals surface area contributed by atoms with Crippen molar-refractivity contribution in [3.05, 3.63) is 59.2 Å². The third-order valence-corrected chi connectivity index (χ3v) is 3.72. The number of rotatable bonds is 2. The molecule has 0 amide bonds. The van der Waals surface area contributed by atoms with Crippen LogP contribution in [0.4, 0.5) is 18.9 Å². The zero-order chi connectivity index (χ0) is 15.0. The molecule has 0 fully saturated rings. The Kier molecular flexibility index (Phi) is 3.27. The zero-order valence-corrected chi connectivity index (χ0v) is 11.4. The molecule has 0 saturated carbocycles. The van der Waals surface area contributed by atoms with Gasteiger partial charge >= 0.3 is 6.18 Å². The molecule has 1 aliphatic rings. The number of hydrogen-bond donors (Lipinski definition) is 1. The second kappa shape index (κ2) is 4.98. The first-order valence-electron chi connectivity index (χ1n) is 6.58. The van der Waals surface area contributed by atoms with E-state index in [4.69, 9.17) is 4.74 Å². The molecule has 21 heavy (non-hydrogen) atoms. The minimum atomic E-state index is -4.34. The lowest BCUT2D eigenvalue weighted by Crippen LogP contribution is -2.10. The van der Waals surface area contributed by atoms with Crippen molar-refractivity contribution in [2.45, 2.75) is 18.6 Å². The number of benzene rings is 2. The average Bonchev–Trinajstić information content (AvgIpc) is 2.90. The zero-order valence-electron chi connectivity index (χ0n) is 11.4. The van der Waals surface area contributed by atoms with Crippen molar-refractivity contribution >= 4 is 5.69 Å². The van der Waals surface area contributed by atoms with Crippen molar-refractivity contribution in [3.63, 3.8) is 0 Å². The summed E-state index contributed by atoms with van der Waals surface area (Å²) >= 11 is 0. The van der Waals surface area contributed by atoms with E-state index in [1.54, 1.807) is 13.2 Å². The van der Waals surface area contributed by atoms with Crippen LogP contribution < -0.4 is 10.1 Å². The second-order valence-electron chi connectivity index (χ2n) is 5.01. The van der Waals surface area contributed by atoms with Crippen molar-refractivity contribution in [3.8, 4) is 5.75 Å². The molecule has 0 bridgehead atoms. The largest absolute Gasteiger partial charge is 0.497 e. The standard InChI is InChI=1S/C16H14F3NO/c1-21-12-7-5-10(6-8-12)14-9-11-3-2-4-13(15(11)20-14)16(17,18)19/h2-8,14,20H,9H2,1H3. The highest BCUT2D eigenvalue weighted by Gasteiger charge is 2.37. The third-order valence-electron chi connectivity index (χ3n) is 3.72. The van der Waals surface area contributed by atoms with Gasteiger partial charge in [-0.3, -0.25) is 0 Å². The number of methoxy groups -OCH3 is 1. The Morgan fingerprint density at radius 2 is 1.81 bits per heavy atom. The van der Waals surface area contributed by atoms with Gasteiger partial charge in [0.2, 0.25) is 0 Å². The van der Waals surface area contributed by atoms with Gasteiger partial charge in [0.1, 0.15) is 5.75 Å². The summed E-state index contributed by atoms with van der Waals surface area (Å²) in [5.74, 6) is 0.727. The topological polar surface area (TPSA) is 21.3 Å². The summed E-state index contributed by atoms with van der Waals surface area (Å²) in [6.45, 7) is 0. The van der Waals surface area contributed by atoms with E-state index >= 15 is 0 Å². The van der Waals surface area contributed by atoms with E-state index < -0.39 is 11.7 Å². The molecule has 2 aromatic rings. The van der Waals surface area contributed by atoms with E-state index in [1.807, 2.05) is 24.3 Å². The molecule has 2 aromatic carbocycles. The molecule has 1 aliphatic heterocycles. The molecule has 5 heteroatoms. The Bertz CT molecular complexity index is 650. The summed E-state index contributed by atoms with van der Waals surface area (Å²) in [5.41, 5.74) is 1.24. The summed E-state index contributed by atoms with van der Waals surface area (Å²) in [7, 11) is 1.58. The summed E-state index contributed by atoms with van der Waals surface area (Å²) in [4.78, 5) is 0. The maximum atomic E-state index is 13.0. The molecule has 1 N–H and O–H groups in total. The van der Waals surface area contributed by atoms with Crippen molar-refractivity contribution in [1.82, 2.24) is 0 Å². The Labute approximate surface area is 120 Å². The number of hydrogen-bond acceptors (Lipinski definition) is 2. The maximum absolute atomic E-state index is 13.0. The van der Waals surface area contributed by atoms with E-state index in [-0.39, 0.29) is 11.7 Å². The SMILES string of the molecule is COc1ccc(C2Cc3cccc(C(F)(F)F)c3N2)cc1. The Balaban J connectivity index is 1.90. The smallest absolute Gasteiger partial charge is 0.418 e. The molecule has 0 saturated heterocycles. The number of halogens is 3. The summed E-state index contributed by atoms with van der Waals surface area (Å²) in [6, 6.07) is 11.5. The lowest BCUT2D eigenvalue weighted by molar-refractivity contribution is -0.136. The third kappa shape index (κ3) is 2.55. The number of fused-ring (bicyclic) bond motifs is 1. The number of anilines is 1. The van der Waals surface area contributed by atoms with Crippen LogP contribution >= 0.6 is 0 Å². The molecule has 1 heterocycles. The predicted molar refractivity (Wildman–Crippen MR) is 74.5 cm³/mol. The van der Waals surface area contributed by atoms with Gasteiger partial charge in [0, 0.05) is 0 Å². The first-order valence-corrected chi connectivity index (χ1v) is 6.58. The summed E-state index contributed by atoms with van der Waals surface area (Å²) in [6.07, 6.45) is -3.79. The molecule has 0 aliphatic carbocycles. The number of alkyl halides is 3. The quantitative estimate of drug-likeness (QED) is 0.884. The Hall–Kier alpha value is -2.17. The van der Waals surface area contributed by atoms with Crippen molar-refractivity contribution < 1.29 is 17.9 Å². The normalized spacial score (nSPS) is 17.2. The van der Waals surface area contributed by atoms with Gasteiger partial charge in [0.15, 0.2) is 0 Å². The van der Waals surface area contributed by atoms with Crippen LogP contribution in [-0.2, 0) is 12.6 Å². The fraction of sp³-hybridized carbons (Fsp3) is 0.250. The van der Waals surface area contributed by atoms with E-state index in [9.17, 15) is 13.2 Å². The highest BCUT2D eigenvalue weighted by atomic mass is 19.4. The fourth-order valence-electron chi connectivity index (χ4n) is 2.66. The molecular weight excluding hydrogens is 279 g/mol. The number of nitrogens with one attached hydrogen (secondary N) is 1. The van der Waals surface area contributed by atoms with E-state index in [1.165, 1.54) is 6.07 Å². The van der Waals surface area contributed by atoms with E-state index in [0.717, 1.165) is 17.4 Å². The number of ether oxygens (including phenoxy) is 1. The first-order chi connectivity index (χ1) is 9.99. The van der Waals surface area contributed by atoms with Gasteiger partial charge < -0.3 is 10.1 Å².